The van der Waals surface area contributed by atoms with Crippen molar-refractivity contribution in [3.05, 3.63) is 65.7 Å². The fraction of sp³-hybridized carbons (Fsp3) is 0.273. The zero-order valence-corrected chi connectivity index (χ0v) is 11.0. The maximum Gasteiger partial charge on any atom is 0.330 e. The molecule has 118 valence electrons. The number of nitrogens with two attached hydrogens (primary N) is 1. The molecule has 0 bridgehead atoms. The molecule has 1 atom stereocenters. The summed E-state index contributed by atoms with van der Waals surface area (Å²) in [5.41, 5.74) is 0.717. The number of aromatic nitrogens is 4. The number of nitrogens with zero attached hydrogens (tertiary/aromatic N) is 2. The lowest BCUT2D eigenvalue weighted by molar-refractivity contribution is 0.349. The van der Waals surface area contributed by atoms with Gasteiger partial charge in [0.25, 0.3) is 11.1 Å². The topological polar surface area (TPSA) is 136 Å². The number of halogens is 2. The number of rotatable bonds is 4. The number of nitrogens with one attached hydrogen (secondary N) is 2. The Morgan fingerprint density at radius 3 is 2.45 bits per heavy atom. The van der Waals surface area contributed by atoms with Crippen molar-refractivity contribution in [1.82, 2.24) is 19.1 Å². The average molecular weight is 315 g/mol. The van der Waals surface area contributed by atoms with Crippen molar-refractivity contribution in [3.8, 4) is 0 Å². The maximum absolute atomic E-state index is 13.4. The second-order valence-corrected chi connectivity index (χ2v) is 4.32. The smallest absolute Gasteiger partial charge is 0.330 e. The summed E-state index contributed by atoms with van der Waals surface area (Å²) >= 11 is 0. The zero-order chi connectivity index (χ0) is 16.4. The van der Waals surface area contributed by atoms with Crippen LogP contribution in [0.25, 0.3) is 0 Å². The fourth-order valence-corrected chi connectivity index (χ4v) is 1.96. The number of aromatic amines is 2. The predicted octanol–water partition coefficient (Wildman–Crippen LogP) is -1.94. The van der Waals surface area contributed by atoms with Gasteiger partial charge in [-0.1, -0.05) is 0 Å². The van der Waals surface area contributed by atoms with Gasteiger partial charge < -0.3 is 10.7 Å². The zero-order valence-electron chi connectivity index (χ0n) is 11.0. The van der Waals surface area contributed by atoms with Gasteiger partial charge in [-0.15, -0.1) is 0 Å². The van der Waals surface area contributed by atoms with Crippen LogP contribution in [0.3, 0.4) is 0 Å². The van der Waals surface area contributed by atoms with Crippen LogP contribution in [0.15, 0.2) is 31.6 Å². The second kappa shape index (κ2) is 5.89. The Bertz CT molecular complexity index is 926. The van der Waals surface area contributed by atoms with Crippen molar-refractivity contribution in [2.45, 2.75) is 12.6 Å². The van der Waals surface area contributed by atoms with Crippen molar-refractivity contribution in [2.24, 2.45) is 5.73 Å². The molecule has 4 N–H and O–H groups in total. The van der Waals surface area contributed by atoms with E-state index in [9.17, 15) is 28.0 Å². The molecule has 2 rings (SSSR count). The molecule has 0 aromatic carbocycles. The van der Waals surface area contributed by atoms with Crippen LogP contribution in [-0.2, 0) is 0 Å². The minimum atomic E-state index is -1.39. The standard InChI is InChI=1S/C11H11F2N5O4/c12-5-3-15-10(21)18(9(5)20)7(1-2-14)17-4-6(13)8(19)16-11(17)22/h3-4,7H,1-2,14H2,(H,15,21)(H,16,19,22). The molecule has 0 spiro atoms. The second-order valence-electron chi connectivity index (χ2n) is 4.32. The summed E-state index contributed by atoms with van der Waals surface area (Å²) in [6, 6.07) is 0. The van der Waals surface area contributed by atoms with Gasteiger partial charge in [-0.3, -0.25) is 19.1 Å². The molecular formula is C11H11F2N5O4. The highest BCUT2D eigenvalue weighted by atomic mass is 19.1. The Labute approximate surface area is 119 Å². The van der Waals surface area contributed by atoms with E-state index in [0.717, 1.165) is 0 Å². The van der Waals surface area contributed by atoms with Crippen LogP contribution >= 0.6 is 0 Å². The molecule has 0 amide bonds. The third-order valence-electron chi connectivity index (χ3n) is 2.93. The van der Waals surface area contributed by atoms with Crippen molar-refractivity contribution in [3.63, 3.8) is 0 Å². The van der Waals surface area contributed by atoms with Gasteiger partial charge >= 0.3 is 11.4 Å². The number of hydrogen-bond donors (Lipinski definition) is 3. The van der Waals surface area contributed by atoms with Gasteiger partial charge in [-0.05, 0) is 13.0 Å². The lowest BCUT2D eigenvalue weighted by Gasteiger charge is -2.20. The van der Waals surface area contributed by atoms with Gasteiger partial charge in [0.15, 0.2) is 0 Å². The minimum Gasteiger partial charge on any atom is -0.330 e. The molecular weight excluding hydrogens is 304 g/mol. The van der Waals surface area contributed by atoms with Gasteiger partial charge in [0.05, 0.1) is 6.20 Å². The third kappa shape index (κ3) is 2.65. The summed E-state index contributed by atoms with van der Waals surface area (Å²) in [5.74, 6) is -2.57. The molecule has 11 heteroatoms. The van der Waals surface area contributed by atoms with Crippen LogP contribution in [0.5, 0.6) is 0 Å². The molecule has 1 unspecified atom stereocenters. The first-order valence-electron chi connectivity index (χ1n) is 6.07. The molecule has 2 aromatic heterocycles. The molecule has 0 aliphatic heterocycles. The van der Waals surface area contributed by atoms with E-state index in [0.29, 0.717) is 21.5 Å². The highest BCUT2D eigenvalue weighted by molar-refractivity contribution is 4.94. The van der Waals surface area contributed by atoms with E-state index in [4.69, 9.17) is 5.73 Å². The van der Waals surface area contributed by atoms with Gasteiger partial charge in [0.1, 0.15) is 6.17 Å². The molecule has 2 aromatic rings. The van der Waals surface area contributed by atoms with Crippen molar-refractivity contribution >= 4 is 0 Å². The molecule has 2 heterocycles. The quantitative estimate of drug-likeness (QED) is 0.603. The largest absolute Gasteiger partial charge is 0.330 e. The molecule has 0 radical (unpaired) electrons. The lowest BCUT2D eigenvalue weighted by atomic mass is 10.3. The van der Waals surface area contributed by atoms with Crippen LogP contribution < -0.4 is 28.2 Å². The monoisotopic (exact) mass is 315 g/mol. The van der Waals surface area contributed by atoms with Crippen LogP contribution in [0.1, 0.15) is 12.6 Å². The van der Waals surface area contributed by atoms with E-state index in [-0.39, 0.29) is 13.0 Å². The summed E-state index contributed by atoms with van der Waals surface area (Å²) in [7, 11) is 0. The van der Waals surface area contributed by atoms with E-state index in [1.54, 1.807) is 4.98 Å². The van der Waals surface area contributed by atoms with E-state index >= 15 is 0 Å². The Hall–Kier alpha value is -2.82. The van der Waals surface area contributed by atoms with E-state index in [1.807, 2.05) is 4.98 Å². The maximum atomic E-state index is 13.4. The first-order valence-corrected chi connectivity index (χ1v) is 6.07. The normalized spacial score (nSPS) is 12.3. The van der Waals surface area contributed by atoms with Gasteiger partial charge in [0, 0.05) is 6.20 Å². The highest BCUT2D eigenvalue weighted by Crippen LogP contribution is 2.07. The van der Waals surface area contributed by atoms with E-state index in [1.165, 1.54) is 0 Å². The van der Waals surface area contributed by atoms with Crippen molar-refractivity contribution in [1.29, 1.82) is 0 Å². The van der Waals surface area contributed by atoms with E-state index in [2.05, 4.69) is 0 Å². The average Bonchev–Trinajstić information content (AvgIpc) is 2.46. The molecule has 0 aliphatic rings. The Kier molecular flexibility index (Phi) is 4.17. The molecule has 0 aliphatic carbocycles. The van der Waals surface area contributed by atoms with E-state index < -0.39 is 40.3 Å². The summed E-state index contributed by atoms with van der Waals surface area (Å²) in [5, 5.41) is 0. The van der Waals surface area contributed by atoms with Gasteiger partial charge in [0.2, 0.25) is 11.6 Å². The number of H-pyrrole nitrogens is 2. The fourth-order valence-electron chi connectivity index (χ4n) is 1.96. The Balaban J connectivity index is 2.78. The third-order valence-corrected chi connectivity index (χ3v) is 2.93. The lowest BCUT2D eigenvalue weighted by Crippen LogP contribution is -2.46. The van der Waals surface area contributed by atoms with Crippen LogP contribution in [-0.4, -0.2) is 25.6 Å². The summed E-state index contributed by atoms with van der Waals surface area (Å²) in [6.45, 7) is -0.0970. The van der Waals surface area contributed by atoms with Gasteiger partial charge in [-0.25, -0.2) is 14.2 Å². The molecule has 0 saturated heterocycles. The predicted molar refractivity (Wildman–Crippen MR) is 70.7 cm³/mol. The van der Waals surface area contributed by atoms with Gasteiger partial charge in [-0.2, -0.15) is 8.78 Å². The first-order chi connectivity index (χ1) is 10.4. The molecule has 22 heavy (non-hydrogen) atoms. The Morgan fingerprint density at radius 1 is 1.14 bits per heavy atom. The van der Waals surface area contributed by atoms with Crippen molar-refractivity contribution < 1.29 is 8.78 Å². The highest BCUT2D eigenvalue weighted by Gasteiger charge is 2.21. The van der Waals surface area contributed by atoms with Crippen molar-refractivity contribution in [2.75, 3.05) is 6.54 Å². The first kappa shape index (κ1) is 15.6. The summed E-state index contributed by atoms with van der Waals surface area (Å²) in [6.07, 6.45) is -0.455. The van der Waals surface area contributed by atoms with Crippen LogP contribution in [0.4, 0.5) is 8.78 Å². The Morgan fingerprint density at radius 2 is 1.82 bits per heavy atom. The SMILES string of the molecule is NCCC(n1cc(F)c(=O)[nH]c1=O)n1c(=O)[nH]cc(F)c1=O. The molecule has 0 fully saturated rings. The summed E-state index contributed by atoms with van der Waals surface area (Å²) < 4.78 is 27.7. The van der Waals surface area contributed by atoms with Crippen LogP contribution in [0.2, 0.25) is 0 Å². The molecule has 0 saturated carbocycles. The minimum absolute atomic E-state index is 0.0970. The van der Waals surface area contributed by atoms with Crippen LogP contribution in [0, 0.1) is 11.6 Å². The molecule has 9 nitrogen and oxygen atoms in total. The summed E-state index contributed by atoms with van der Waals surface area (Å²) in [4.78, 5) is 50.0. The number of hydrogen-bond acceptors (Lipinski definition) is 5.